The molecular weight excluding hydrogens is 637 g/mol. The standard InChI is InChI=1S/C48H28N2O2/c1-5-16-39-37(14-1)45-41(26-24-35-33-12-3-7-18-43(33)51-47(35)45)49(39)31-22-20-29(21-23-31)30-10-9-11-32(28-30)50-40-17-6-2-15-38(40)46-42(50)27-25-36-34-13-4-8-19-44(34)52-48(36)46/h1-28H. The molecule has 0 unspecified atom stereocenters. The average molecular weight is 665 g/mol. The van der Waals surface area contributed by atoms with Gasteiger partial charge in [-0.05, 0) is 83.9 Å². The molecule has 8 aromatic carbocycles. The molecule has 0 N–H and O–H groups in total. The number of hydrogen-bond donors (Lipinski definition) is 0. The van der Waals surface area contributed by atoms with Crippen molar-refractivity contribution in [3.05, 3.63) is 170 Å². The maximum atomic E-state index is 6.53. The van der Waals surface area contributed by atoms with E-state index in [1.54, 1.807) is 0 Å². The summed E-state index contributed by atoms with van der Waals surface area (Å²) >= 11 is 0. The van der Waals surface area contributed by atoms with Gasteiger partial charge in [-0.2, -0.15) is 0 Å². The number of para-hydroxylation sites is 4. The summed E-state index contributed by atoms with van der Waals surface area (Å²) < 4.78 is 17.8. The van der Waals surface area contributed by atoms with E-state index in [1.165, 1.54) is 10.8 Å². The van der Waals surface area contributed by atoms with Crippen LogP contribution >= 0.6 is 0 Å². The van der Waals surface area contributed by atoms with Crippen LogP contribution in [0.1, 0.15) is 0 Å². The van der Waals surface area contributed by atoms with Gasteiger partial charge in [-0.25, -0.2) is 0 Å². The number of rotatable bonds is 3. The zero-order valence-corrected chi connectivity index (χ0v) is 27.9. The molecule has 0 aliphatic rings. The topological polar surface area (TPSA) is 36.1 Å². The number of furan rings is 2. The minimum atomic E-state index is 0.913. The van der Waals surface area contributed by atoms with Crippen molar-refractivity contribution in [1.82, 2.24) is 9.13 Å². The Labute approximate surface area is 296 Å². The van der Waals surface area contributed by atoms with Crippen LogP contribution in [-0.4, -0.2) is 9.13 Å². The van der Waals surface area contributed by atoms with E-state index in [4.69, 9.17) is 8.83 Å². The third-order valence-electron chi connectivity index (χ3n) is 10.9. The van der Waals surface area contributed by atoms with Crippen LogP contribution in [0.25, 0.3) is 110 Å². The molecule has 242 valence electrons. The third-order valence-corrected chi connectivity index (χ3v) is 10.9. The summed E-state index contributed by atoms with van der Waals surface area (Å²) in [6.45, 7) is 0. The number of aromatic nitrogens is 2. The van der Waals surface area contributed by atoms with E-state index in [0.29, 0.717) is 0 Å². The van der Waals surface area contributed by atoms with E-state index >= 15 is 0 Å². The van der Waals surface area contributed by atoms with E-state index in [9.17, 15) is 0 Å². The minimum Gasteiger partial charge on any atom is -0.455 e. The Morgan fingerprint density at radius 1 is 0.308 bits per heavy atom. The molecule has 0 saturated carbocycles. The van der Waals surface area contributed by atoms with Crippen molar-refractivity contribution in [3.8, 4) is 22.5 Å². The first kappa shape index (κ1) is 27.7. The van der Waals surface area contributed by atoms with Crippen LogP contribution in [0.3, 0.4) is 0 Å². The van der Waals surface area contributed by atoms with Crippen LogP contribution in [0, 0.1) is 0 Å². The number of fused-ring (bicyclic) bond motifs is 14. The molecule has 4 aromatic heterocycles. The molecule has 0 atom stereocenters. The number of benzene rings is 8. The molecule has 4 heteroatoms. The van der Waals surface area contributed by atoms with Crippen molar-refractivity contribution < 1.29 is 8.83 Å². The quantitative estimate of drug-likeness (QED) is 0.188. The summed E-state index contributed by atoms with van der Waals surface area (Å²) in [7, 11) is 0. The lowest BCUT2D eigenvalue weighted by Crippen LogP contribution is -1.95. The highest BCUT2D eigenvalue weighted by Crippen LogP contribution is 2.42. The summed E-state index contributed by atoms with van der Waals surface area (Å²) in [5.41, 5.74) is 12.8. The van der Waals surface area contributed by atoms with E-state index < -0.39 is 0 Å². The van der Waals surface area contributed by atoms with Gasteiger partial charge in [0.25, 0.3) is 0 Å². The number of hydrogen-bond acceptors (Lipinski definition) is 2. The van der Waals surface area contributed by atoms with Crippen molar-refractivity contribution in [2.45, 2.75) is 0 Å². The Morgan fingerprint density at radius 2 is 0.808 bits per heavy atom. The van der Waals surface area contributed by atoms with Gasteiger partial charge in [0.15, 0.2) is 0 Å². The fourth-order valence-corrected chi connectivity index (χ4v) is 8.65. The lowest BCUT2D eigenvalue weighted by atomic mass is 10.0. The first-order valence-corrected chi connectivity index (χ1v) is 17.7. The summed E-state index contributed by atoms with van der Waals surface area (Å²) in [5.74, 6) is 0. The predicted octanol–water partition coefficient (Wildman–Crippen LogP) is 13.3. The summed E-state index contributed by atoms with van der Waals surface area (Å²) in [6, 6.07) is 60.5. The summed E-state index contributed by atoms with van der Waals surface area (Å²) in [4.78, 5) is 0. The van der Waals surface area contributed by atoms with Crippen LogP contribution in [-0.2, 0) is 0 Å². The lowest BCUT2D eigenvalue weighted by molar-refractivity contribution is 0.672. The van der Waals surface area contributed by atoms with Crippen molar-refractivity contribution >= 4 is 87.5 Å². The molecule has 0 saturated heterocycles. The smallest absolute Gasteiger partial charge is 0.145 e. The molecule has 12 aromatic rings. The van der Waals surface area contributed by atoms with Crippen molar-refractivity contribution in [3.63, 3.8) is 0 Å². The van der Waals surface area contributed by atoms with E-state index in [0.717, 1.165) is 99.2 Å². The summed E-state index contributed by atoms with van der Waals surface area (Å²) in [6.07, 6.45) is 0. The van der Waals surface area contributed by atoms with Gasteiger partial charge in [-0.3, -0.25) is 0 Å². The predicted molar refractivity (Wildman–Crippen MR) is 215 cm³/mol. The zero-order valence-electron chi connectivity index (χ0n) is 27.9. The molecule has 0 spiro atoms. The van der Waals surface area contributed by atoms with Gasteiger partial charge < -0.3 is 18.0 Å². The van der Waals surface area contributed by atoms with Gasteiger partial charge in [-0.15, -0.1) is 0 Å². The highest BCUT2D eigenvalue weighted by atomic mass is 16.3. The van der Waals surface area contributed by atoms with E-state index in [2.05, 4.69) is 167 Å². The molecule has 0 aliphatic carbocycles. The van der Waals surface area contributed by atoms with Crippen LogP contribution in [0.2, 0.25) is 0 Å². The van der Waals surface area contributed by atoms with Crippen LogP contribution < -0.4 is 0 Å². The third kappa shape index (κ3) is 3.70. The number of nitrogens with zero attached hydrogens (tertiary/aromatic N) is 2. The monoisotopic (exact) mass is 664 g/mol. The Morgan fingerprint density at radius 3 is 1.38 bits per heavy atom. The Hall–Kier alpha value is -7.04. The first-order chi connectivity index (χ1) is 25.8. The SMILES string of the molecule is c1cc(-c2ccc(-n3c4ccccc4c4c5oc6ccccc6c5ccc43)cc2)cc(-n2c3ccccc3c3c4oc5ccccc5c4ccc32)c1. The second-order valence-electron chi connectivity index (χ2n) is 13.7. The average Bonchev–Trinajstić information content (AvgIpc) is 3.95. The molecule has 4 heterocycles. The summed E-state index contributed by atoms with van der Waals surface area (Å²) in [5, 5.41) is 9.24. The van der Waals surface area contributed by atoms with Gasteiger partial charge in [0, 0.05) is 43.7 Å². The van der Waals surface area contributed by atoms with Crippen molar-refractivity contribution in [1.29, 1.82) is 0 Å². The molecule has 4 nitrogen and oxygen atoms in total. The van der Waals surface area contributed by atoms with Gasteiger partial charge in [-0.1, -0.05) is 97.1 Å². The lowest BCUT2D eigenvalue weighted by Gasteiger charge is -2.12. The fraction of sp³-hybridized carbons (Fsp3) is 0. The van der Waals surface area contributed by atoms with Crippen LogP contribution in [0.4, 0.5) is 0 Å². The highest BCUT2D eigenvalue weighted by Gasteiger charge is 2.20. The Balaban J connectivity index is 1.00. The van der Waals surface area contributed by atoms with Crippen LogP contribution in [0.5, 0.6) is 0 Å². The highest BCUT2D eigenvalue weighted by molar-refractivity contribution is 6.25. The van der Waals surface area contributed by atoms with E-state index in [1.807, 2.05) is 12.1 Å². The zero-order chi connectivity index (χ0) is 33.9. The normalized spacial score (nSPS) is 12.2. The molecule has 0 radical (unpaired) electrons. The molecule has 0 bridgehead atoms. The maximum Gasteiger partial charge on any atom is 0.145 e. The first-order valence-electron chi connectivity index (χ1n) is 17.7. The Bertz CT molecular complexity index is 3410. The van der Waals surface area contributed by atoms with Crippen molar-refractivity contribution in [2.75, 3.05) is 0 Å². The van der Waals surface area contributed by atoms with Gasteiger partial charge >= 0.3 is 0 Å². The van der Waals surface area contributed by atoms with Gasteiger partial charge in [0.2, 0.25) is 0 Å². The van der Waals surface area contributed by atoms with Crippen LogP contribution in [0.15, 0.2) is 179 Å². The van der Waals surface area contributed by atoms with Gasteiger partial charge in [0.05, 0.1) is 32.8 Å². The second-order valence-corrected chi connectivity index (χ2v) is 13.7. The molecule has 0 aliphatic heterocycles. The molecular formula is C48H28N2O2. The molecule has 52 heavy (non-hydrogen) atoms. The second kappa shape index (κ2) is 10.3. The minimum absolute atomic E-state index is 0.913. The largest absolute Gasteiger partial charge is 0.455 e. The molecule has 0 amide bonds. The molecule has 12 rings (SSSR count). The van der Waals surface area contributed by atoms with Crippen molar-refractivity contribution in [2.24, 2.45) is 0 Å². The maximum absolute atomic E-state index is 6.53. The van der Waals surface area contributed by atoms with Gasteiger partial charge in [0.1, 0.15) is 22.3 Å². The fourth-order valence-electron chi connectivity index (χ4n) is 8.65. The molecule has 0 fully saturated rings. The Kier molecular flexibility index (Phi) is 5.47. The van der Waals surface area contributed by atoms with E-state index in [-0.39, 0.29) is 0 Å².